The lowest BCUT2D eigenvalue weighted by atomic mass is 10.0. The van der Waals surface area contributed by atoms with Crippen LogP contribution in [0.1, 0.15) is 24.9 Å². The third kappa shape index (κ3) is 3.06. The number of nitrogens with zero attached hydrogens (tertiary/aromatic N) is 2. The van der Waals surface area contributed by atoms with Crippen LogP contribution in [-0.4, -0.2) is 36.4 Å². The van der Waals surface area contributed by atoms with E-state index in [1.54, 1.807) is 12.1 Å². The van der Waals surface area contributed by atoms with Crippen LogP contribution in [0.4, 0.5) is 13.2 Å². The highest BCUT2D eigenvalue weighted by Crippen LogP contribution is 2.31. The Kier molecular flexibility index (Phi) is 3.43. The van der Waals surface area contributed by atoms with Gasteiger partial charge in [-0.15, -0.1) is 13.2 Å². The van der Waals surface area contributed by atoms with Crippen molar-refractivity contribution in [2.24, 2.45) is 4.99 Å². The molecule has 0 aromatic heterocycles. The molecular weight excluding hydrogens is 283 g/mol. The first-order valence-corrected chi connectivity index (χ1v) is 6.86. The summed E-state index contributed by atoms with van der Waals surface area (Å²) in [6, 6.07) is 6.59. The molecule has 1 aromatic rings. The normalized spacial score (nSPS) is 25.1. The Morgan fingerprint density at radius 2 is 2.00 bits per heavy atom. The van der Waals surface area contributed by atoms with Gasteiger partial charge in [0.05, 0.1) is 6.04 Å². The van der Waals surface area contributed by atoms with Gasteiger partial charge in [-0.25, -0.2) is 0 Å². The summed E-state index contributed by atoms with van der Waals surface area (Å²) in [6.07, 6.45) is -3.79. The van der Waals surface area contributed by atoms with Crippen LogP contribution in [0.3, 0.4) is 0 Å². The SMILES string of the molecule is CC1CN2C(=NCCC2c2ccc(OC(F)(F)F)cc2)N1. The zero-order valence-corrected chi connectivity index (χ0v) is 11.5. The van der Waals surface area contributed by atoms with Crippen molar-refractivity contribution in [2.45, 2.75) is 31.8 Å². The molecule has 0 bridgehead atoms. The molecule has 2 atom stereocenters. The van der Waals surface area contributed by atoms with Gasteiger partial charge < -0.3 is 15.0 Å². The number of nitrogens with one attached hydrogen (secondary N) is 1. The van der Waals surface area contributed by atoms with Gasteiger partial charge in [-0.05, 0) is 31.0 Å². The number of benzene rings is 1. The first kappa shape index (κ1) is 14.0. The molecule has 114 valence electrons. The van der Waals surface area contributed by atoms with E-state index >= 15 is 0 Å². The van der Waals surface area contributed by atoms with Crippen molar-refractivity contribution in [3.8, 4) is 5.75 Å². The summed E-state index contributed by atoms with van der Waals surface area (Å²) < 4.78 is 40.4. The maximum Gasteiger partial charge on any atom is 0.573 e. The second-order valence-electron chi connectivity index (χ2n) is 5.32. The highest BCUT2D eigenvalue weighted by molar-refractivity contribution is 5.83. The van der Waals surface area contributed by atoms with Gasteiger partial charge in [0.1, 0.15) is 5.75 Å². The number of aliphatic imine (C=N–C) groups is 1. The molecule has 0 spiro atoms. The molecule has 3 rings (SSSR count). The van der Waals surface area contributed by atoms with Crippen LogP contribution in [0, 0.1) is 0 Å². The average Bonchev–Trinajstić information content (AvgIpc) is 2.78. The number of halogens is 3. The minimum Gasteiger partial charge on any atom is -0.406 e. The van der Waals surface area contributed by atoms with Gasteiger partial charge in [0.25, 0.3) is 0 Å². The summed E-state index contributed by atoms with van der Waals surface area (Å²) in [5.74, 6) is 0.693. The lowest BCUT2D eigenvalue weighted by Crippen LogP contribution is -2.37. The predicted octanol–water partition coefficient (Wildman–Crippen LogP) is 2.68. The van der Waals surface area contributed by atoms with Gasteiger partial charge in [-0.3, -0.25) is 4.99 Å². The molecule has 1 saturated heterocycles. The van der Waals surface area contributed by atoms with Crippen LogP contribution in [0.2, 0.25) is 0 Å². The van der Waals surface area contributed by atoms with Gasteiger partial charge >= 0.3 is 6.36 Å². The van der Waals surface area contributed by atoms with E-state index in [1.807, 2.05) is 0 Å². The van der Waals surface area contributed by atoms with Crippen LogP contribution < -0.4 is 10.1 Å². The van der Waals surface area contributed by atoms with E-state index in [4.69, 9.17) is 0 Å². The number of fused-ring (bicyclic) bond motifs is 1. The number of hydrogen-bond donors (Lipinski definition) is 1. The van der Waals surface area contributed by atoms with Gasteiger partial charge in [0.15, 0.2) is 5.96 Å². The summed E-state index contributed by atoms with van der Waals surface area (Å²) in [4.78, 5) is 6.62. The highest BCUT2D eigenvalue weighted by atomic mass is 19.4. The van der Waals surface area contributed by atoms with E-state index in [9.17, 15) is 13.2 Å². The summed E-state index contributed by atoms with van der Waals surface area (Å²) in [7, 11) is 0. The first-order valence-electron chi connectivity index (χ1n) is 6.86. The fraction of sp³-hybridized carbons (Fsp3) is 0.500. The van der Waals surface area contributed by atoms with Crippen LogP contribution in [0.15, 0.2) is 29.3 Å². The molecule has 2 aliphatic heterocycles. The fourth-order valence-electron chi connectivity index (χ4n) is 2.83. The first-order chi connectivity index (χ1) is 9.92. The third-order valence-electron chi connectivity index (χ3n) is 3.66. The molecule has 0 radical (unpaired) electrons. The van der Waals surface area contributed by atoms with E-state index in [2.05, 4.69) is 26.9 Å². The van der Waals surface area contributed by atoms with Gasteiger partial charge in [-0.1, -0.05) is 12.1 Å². The maximum absolute atomic E-state index is 12.2. The van der Waals surface area contributed by atoms with E-state index in [0.29, 0.717) is 6.04 Å². The summed E-state index contributed by atoms with van der Waals surface area (Å²) >= 11 is 0. The van der Waals surface area contributed by atoms with Crippen LogP contribution in [0.5, 0.6) is 5.75 Å². The summed E-state index contributed by atoms with van der Waals surface area (Å²) in [5.41, 5.74) is 0.979. The van der Waals surface area contributed by atoms with E-state index < -0.39 is 6.36 Å². The zero-order valence-electron chi connectivity index (χ0n) is 11.5. The molecule has 7 heteroatoms. The molecule has 1 aromatic carbocycles. The maximum atomic E-state index is 12.2. The van der Waals surface area contributed by atoms with Crippen molar-refractivity contribution < 1.29 is 17.9 Å². The van der Waals surface area contributed by atoms with Crippen molar-refractivity contribution in [3.05, 3.63) is 29.8 Å². The molecule has 0 saturated carbocycles. The van der Waals surface area contributed by atoms with Crippen LogP contribution >= 0.6 is 0 Å². The molecule has 2 unspecified atom stereocenters. The van der Waals surface area contributed by atoms with Gasteiger partial charge in [-0.2, -0.15) is 0 Å². The van der Waals surface area contributed by atoms with E-state index in [0.717, 1.165) is 31.0 Å². The standard InChI is InChI=1S/C14H16F3N3O/c1-9-8-20-12(6-7-18-13(20)19-9)10-2-4-11(5-3-10)21-14(15,16)17/h2-5,9,12H,6-8H2,1H3,(H,18,19). The summed E-state index contributed by atoms with van der Waals surface area (Å²) in [6.45, 7) is 3.65. The largest absolute Gasteiger partial charge is 0.573 e. The van der Waals surface area contributed by atoms with Crippen molar-refractivity contribution in [1.29, 1.82) is 0 Å². The second-order valence-corrected chi connectivity index (χ2v) is 5.32. The number of alkyl halides is 3. The van der Waals surface area contributed by atoms with Crippen LogP contribution in [-0.2, 0) is 0 Å². The number of rotatable bonds is 2. The molecule has 0 aliphatic carbocycles. The Balaban J connectivity index is 1.77. The minimum atomic E-state index is -4.65. The molecule has 4 nitrogen and oxygen atoms in total. The van der Waals surface area contributed by atoms with Gasteiger partial charge in [0.2, 0.25) is 0 Å². The molecule has 1 N–H and O–H groups in total. The minimum absolute atomic E-state index is 0.148. The molecule has 2 heterocycles. The quantitative estimate of drug-likeness (QED) is 0.912. The topological polar surface area (TPSA) is 36.9 Å². The molecule has 0 amide bonds. The molecule has 21 heavy (non-hydrogen) atoms. The lowest BCUT2D eigenvalue weighted by Gasteiger charge is -2.32. The van der Waals surface area contributed by atoms with Gasteiger partial charge in [0, 0.05) is 19.1 Å². The van der Waals surface area contributed by atoms with E-state index in [1.165, 1.54) is 12.1 Å². The zero-order chi connectivity index (χ0) is 15.0. The number of hydrogen-bond acceptors (Lipinski definition) is 4. The summed E-state index contributed by atoms with van der Waals surface area (Å²) in [5, 5.41) is 3.30. The smallest absolute Gasteiger partial charge is 0.406 e. The molecule has 1 fully saturated rings. The highest BCUT2D eigenvalue weighted by Gasteiger charge is 2.34. The lowest BCUT2D eigenvalue weighted by molar-refractivity contribution is -0.274. The van der Waals surface area contributed by atoms with Crippen molar-refractivity contribution in [2.75, 3.05) is 13.1 Å². The Hall–Kier alpha value is -1.92. The monoisotopic (exact) mass is 299 g/mol. The number of guanidine groups is 1. The Morgan fingerprint density at radius 1 is 1.29 bits per heavy atom. The number of ether oxygens (including phenoxy) is 1. The Labute approximate surface area is 120 Å². The average molecular weight is 299 g/mol. The van der Waals surface area contributed by atoms with Crippen LogP contribution in [0.25, 0.3) is 0 Å². The Morgan fingerprint density at radius 3 is 2.67 bits per heavy atom. The van der Waals surface area contributed by atoms with Crippen molar-refractivity contribution in [3.63, 3.8) is 0 Å². The van der Waals surface area contributed by atoms with E-state index in [-0.39, 0.29) is 11.8 Å². The molecular formula is C14H16F3N3O. The van der Waals surface area contributed by atoms with Crippen molar-refractivity contribution >= 4 is 5.96 Å². The third-order valence-corrected chi connectivity index (χ3v) is 3.66. The Bertz CT molecular complexity index is 541. The second kappa shape index (κ2) is 5.13. The fourth-order valence-corrected chi connectivity index (χ4v) is 2.83. The predicted molar refractivity (Wildman–Crippen MR) is 72.1 cm³/mol. The van der Waals surface area contributed by atoms with Crippen molar-refractivity contribution in [1.82, 2.24) is 10.2 Å². The molecule has 2 aliphatic rings.